The van der Waals surface area contributed by atoms with E-state index in [4.69, 9.17) is 29.5 Å². The zero-order valence-electron chi connectivity index (χ0n) is 42.1. The van der Waals surface area contributed by atoms with Gasteiger partial charge >= 0.3 is 0 Å². The summed E-state index contributed by atoms with van der Waals surface area (Å²) in [6.45, 7) is 5.58. The molecular formula is C50H100O15S3. The van der Waals surface area contributed by atoms with Crippen LogP contribution in [0.4, 0.5) is 0 Å². The summed E-state index contributed by atoms with van der Waals surface area (Å²) in [4.78, 5) is 0. The Morgan fingerprint density at radius 1 is 0.265 bits per heavy atom. The summed E-state index contributed by atoms with van der Waals surface area (Å²) < 4.78 is 16.4. The first kappa shape index (κ1) is 66.5. The predicted octanol–water partition coefficient (Wildman–Crippen LogP) is 5.76. The quantitative estimate of drug-likeness (QED) is 0.0337. The molecule has 0 saturated carbocycles. The zero-order valence-corrected chi connectivity index (χ0v) is 44.6. The highest BCUT2D eigenvalue weighted by atomic mass is 32.2. The summed E-state index contributed by atoms with van der Waals surface area (Å²) >= 11 is 4.35. The zero-order chi connectivity index (χ0) is 50.5. The van der Waals surface area contributed by atoms with Crippen molar-refractivity contribution >= 4 is 35.3 Å². The molecular weight excluding hydrogens is 937 g/mol. The van der Waals surface area contributed by atoms with Gasteiger partial charge in [0.2, 0.25) is 0 Å². The van der Waals surface area contributed by atoms with Crippen LogP contribution in [0.2, 0.25) is 0 Å². The molecule has 3 saturated heterocycles. The van der Waals surface area contributed by atoms with Gasteiger partial charge in [0, 0.05) is 0 Å². The summed E-state index contributed by atoms with van der Waals surface area (Å²) in [7, 11) is 0. The second-order valence-corrected chi connectivity index (χ2v) is 22.5. The topological polar surface area (TPSA) is 270 Å². The first-order valence-electron chi connectivity index (χ1n) is 26.6. The van der Waals surface area contributed by atoms with Gasteiger partial charge in [0.05, 0.1) is 19.8 Å². The number of aliphatic hydroxyl groups is 12. The van der Waals surface area contributed by atoms with E-state index in [0.29, 0.717) is 0 Å². The predicted molar refractivity (Wildman–Crippen MR) is 276 cm³/mol. The third-order valence-corrected chi connectivity index (χ3v) is 16.6. The van der Waals surface area contributed by atoms with Gasteiger partial charge < -0.3 is 75.5 Å². The van der Waals surface area contributed by atoms with Crippen LogP contribution >= 0.6 is 35.3 Å². The van der Waals surface area contributed by atoms with E-state index < -0.39 is 89.6 Å². The number of unbranched alkanes of at least 4 members (excludes halogenated alkanes) is 23. The van der Waals surface area contributed by atoms with Gasteiger partial charge in [-0.2, -0.15) is 0 Å². The summed E-state index contributed by atoms with van der Waals surface area (Å²) in [6, 6.07) is 0. The average molecular weight is 1040 g/mol. The lowest BCUT2D eigenvalue weighted by Gasteiger charge is -2.39. The second kappa shape index (κ2) is 42.8. The second-order valence-electron chi connectivity index (χ2n) is 18.8. The normalized spacial score (nSPS) is 31.7. The van der Waals surface area contributed by atoms with E-state index >= 15 is 0 Å². The smallest absolute Gasteiger partial charge is 0.132 e. The first-order valence-corrected chi connectivity index (χ1v) is 29.8. The van der Waals surface area contributed by atoms with Crippen LogP contribution in [0.5, 0.6) is 0 Å². The van der Waals surface area contributed by atoms with E-state index in [1.165, 1.54) is 177 Å². The van der Waals surface area contributed by atoms with Crippen molar-refractivity contribution in [3.63, 3.8) is 0 Å². The highest BCUT2D eigenvalue weighted by molar-refractivity contribution is 8.00. The minimum absolute atomic E-state index is 0.361. The van der Waals surface area contributed by atoms with Crippen molar-refractivity contribution in [2.75, 3.05) is 37.1 Å². The molecule has 68 heavy (non-hydrogen) atoms. The van der Waals surface area contributed by atoms with Crippen LogP contribution in [-0.4, -0.2) is 188 Å². The maximum absolute atomic E-state index is 9.95. The minimum atomic E-state index is -1.26. The standard InChI is InChI=1S/2C18H36O5S.C14H28O5S/c2*1-2-3-4-5-6-7-8-9-10-11-12-24-18-17(22)16(21)15(20)14(13-19)23-18;1-2-3-4-5-6-7-8-20-14-13(18)12(17)11(16)10(9-15)19-14/h2*14-22H,2-13H2,1H3;10-18H,2-9H2,1H3. The molecule has 3 heterocycles. The fraction of sp³-hybridized carbons (Fsp3) is 1.00. The van der Waals surface area contributed by atoms with Crippen molar-refractivity contribution in [3.8, 4) is 0 Å². The molecule has 12 N–H and O–H groups in total. The van der Waals surface area contributed by atoms with Gasteiger partial charge in [-0.3, -0.25) is 0 Å². The van der Waals surface area contributed by atoms with Crippen LogP contribution in [0.15, 0.2) is 0 Å². The molecule has 15 atom stereocenters. The lowest BCUT2D eigenvalue weighted by molar-refractivity contribution is -0.205. The molecule has 0 aliphatic carbocycles. The molecule has 3 aliphatic heterocycles. The molecule has 0 amide bonds. The van der Waals surface area contributed by atoms with E-state index in [1.807, 2.05) is 0 Å². The molecule has 15 nitrogen and oxygen atoms in total. The van der Waals surface area contributed by atoms with Crippen molar-refractivity contribution in [1.29, 1.82) is 0 Å². The van der Waals surface area contributed by atoms with Crippen molar-refractivity contribution in [2.45, 2.75) is 277 Å². The molecule has 408 valence electrons. The van der Waals surface area contributed by atoms with Crippen molar-refractivity contribution in [1.82, 2.24) is 0 Å². The third-order valence-electron chi connectivity index (χ3n) is 12.9. The lowest BCUT2D eigenvalue weighted by atomic mass is 10.0. The lowest BCUT2D eigenvalue weighted by Crippen LogP contribution is -2.57. The Kier molecular flexibility index (Phi) is 41.8. The Morgan fingerprint density at radius 3 is 0.647 bits per heavy atom. The Balaban J connectivity index is 0.000000513. The summed E-state index contributed by atoms with van der Waals surface area (Å²) in [6.07, 6.45) is 19.5. The van der Waals surface area contributed by atoms with Crippen LogP contribution in [0.3, 0.4) is 0 Å². The molecule has 0 spiro atoms. The molecule has 0 aromatic carbocycles. The van der Waals surface area contributed by atoms with Gasteiger partial charge in [0.25, 0.3) is 0 Å². The van der Waals surface area contributed by atoms with Crippen LogP contribution in [0.25, 0.3) is 0 Å². The largest absolute Gasteiger partial charge is 0.394 e. The van der Waals surface area contributed by atoms with Gasteiger partial charge in [0.1, 0.15) is 89.6 Å². The maximum Gasteiger partial charge on any atom is 0.132 e. The first-order chi connectivity index (χ1) is 32.8. The van der Waals surface area contributed by atoms with Gasteiger partial charge in [-0.1, -0.05) is 168 Å². The minimum Gasteiger partial charge on any atom is -0.394 e. The van der Waals surface area contributed by atoms with Gasteiger partial charge in [0.15, 0.2) is 0 Å². The Hall–Kier alpha value is 0.450. The summed E-state index contributed by atoms with van der Waals surface area (Å²) in [5, 5.41) is 115. The van der Waals surface area contributed by atoms with Gasteiger partial charge in [-0.05, 0) is 36.5 Å². The van der Waals surface area contributed by atoms with E-state index in [0.717, 1.165) is 42.9 Å². The van der Waals surface area contributed by atoms with Crippen molar-refractivity contribution < 1.29 is 75.5 Å². The Morgan fingerprint density at radius 2 is 0.456 bits per heavy atom. The molecule has 0 radical (unpaired) electrons. The van der Waals surface area contributed by atoms with E-state index in [1.54, 1.807) is 0 Å². The number of ether oxygens (including phenoxy) is 3. The molecule has 18 heteroatoms. The number of hydrogen-bond donors (Lipinski definition) is 12. The molecule has 3 fully saturated rings. The van der Waals surface area contributed by atoms with Crippen LogP contribution in [-0.2, 0) is 14.2 Å². The Labute approximate surface area is 423 Å². The van der Waals surface area contributed by atoms with E-state index in [9.17, 15) is 46.0 Å². The summed E-state index contributed by atoms with van der Waals surface area (Å²) in [5.41, 5.74) is -1.75. The van der Waals surface area contributed by atoms with Crippen LogP contribution < -0.4 is 0 Å². The van der Waals surface area contributed by atoms with Crippen LogP contribution in [0.1, 0.15) is 188 Å². The molecule has 15 unspecified atom stereocenters. The molecule has 3 aliphatic rings. The number of aliphatic hydroxyl groups excluding tert-OH is 12. The number of hydrogen-bond acceptors (Lipinski definition) is 18. The fourth-order valence-electron chi connectivity index (χ4n) is 8.28. The van der Waals surface area contributed by atoms with E-state index in [-0.39, 0.29) is 19.8 Å². The maximum atomic E-state index is 9.95. The van der Waals surface area contributed by atoms with Crippen molar-refractivity contribution in [2.24, 2.45) is 0 Å². The molecule has 0 aromatic rings. The van der Waals surface area contributed by atoms with Gasteiger partial charge in [-0.25, -0.2) is 0 Å². The molecule has 3 rings (SSSR count). The Bertz CT molecular complexity index is 1060. The summed E-state index contributed by atoms with van der Waals surface area (Å²) in [5.74, 6) is 2.53. The van der Waals surface area contributed by atoms with Crippen LogP contribution in [0, 0.1) is 0 Å². The fourth-order valence-corrected chi connectivity index (χ4v) is 11.8. The number of thioether (sulfide) groups is 3. The van der Waals surface area contributed by atoms with Crippen molar-refractivity contribution in [3.05, 3.63) is 0 Å². The average Bonchev–Trinajstić information content (AvgIpc) is 3.34. The van der Waals surface area contributed by atoms with Gasteiger partial charge in [-0.15, -0.1) is 35.3 Å². The highest BCUT2D eigenvalue weighted by Gasteiger charge is 2.45. The monoisotopic (exact) mass is 1040 g/mol. The molecule has 0 aromatic heterocycles. The van der Waals surface area contributed by atoms with E-state index in [2.05, 4.69) is 20.8 Å². The SMILES string of the molecule is CCCCCCCCCCCCSC1OC(CO)C(O)C(O)C1O.CCCCCCCCCCCCSC1OC(CO)C(O)C(O)C1O.CCCCCCCCSC1OC(CO)C(O)C(O)C1O. The number of rotatable bonds is 35. The molecule has 0 bridgehead atoms. The third kappa shape index (κ3) is 27.7. The highest BCUT2D eigenvalue weighted by Crippen LogP contribution is 2.32.